The zero-order chi connectivity index (χ0) is 23.2. The van der Waals surface area contributed by atoms with Gasteiger partial charge in [-0.25, -0.2) is 4.79 Å². The van der Waals surface area contributed by atoms with E-state index in [-0.39, 0.29) is 12.0 Å². The molecule has 0 heterocycles. The van der Waals surface area contributed by atoms with Gasteiger partial charge in [0.1, 0.15) is 11.6 Å². The Labute approximate surface area is 181 Å². The van der Waals surface area contributed by atoms with Gasteiger partial charge in [-0.1, -0.05) is 30.3 Å². The summed E-state index contributed by atoms with van der Waals surface area (Å²) in [6, 6.07) is 11.5. The minimum Gasteiger partial charge on any atom is -0.466 e. The fourth-order valence-corrected chi connectivity index (χ4v) is 2.88. The first-order valence-electron chi connectivity index (χ1n) is 9.82. The molecule has 0 spiro atoms. The van der Waals surface area contributed by atoms with Gasteiger partial charge in [0.15, 0.2) is 5.78 Å². The average molecular weight is 425 g/mol. The van der Waals surface area contributed by atoms with Crippen LogP contribution in [0.5, 0.6) is 0 Å². The second-order valence-electron chi connectivity index (χ2n) is 8.10. The number of carbonyl (C=O) groups excluding carboxylic acids is 4. The number of amides is 1. The van der Waals surface area contributed by atoms with Crippen molar-refractivity contribution in [3.63, 3.8) is 0 Å². The molecule has 164 valence electrons. The van der Waals surface area contributed by atoms with E-state index >= 15 is 0 Å². The van der Waals surface area contributed by atoms with Gasteiger partial charge in [-0.2, -0.15) is 0 Å². The lowest BCUT2D eigenvalue weighted by Crippen LogP contribution is -2.43. The number of hydrogen-bond acceptors (Lipinski definition) is 6. The van der Waals surface area contributed by atoms with Crippen LogP contribution in [0, 0.1) is 0 Å². The maximum atomic E-state index is 12.8. The Hall–Kier alpha value is -3.48. The zero-order valence-corrected chi connectivity index (χ0v) is 18.4. The van der Waals surface area contributed by atoms with Crippen LogP contribution in [0.4, 0.5) is 0 Å². The number of rotatable bonds is 7. The van der Waals surface area contributed by atoms with Gasteiger partial charge in [-0.05, 0) is 56.7 Å². The number of ether oxygens (including phenoxy) is 2. The molecule has 31 heavy (non-hydrogen) atoms. The molecular weight excluding hydrogens is 398 g/mol. The number of hydrogen-bond donors (Lipinski definition) is 1. The molecule has 1 unspecified atom stereocenters. The number of esters is 2. The Morgan fingerprint density at radius 3 is 2.29 bits per heavy atom. The summed E-state index contributed by atoms with van der Waals surface area (Å²) in [4.78, 5) is 49.5. The first-order valence-corrected chi connectivity index (χ1v) is 9.82. The third-order valence-corrected chi connectivity index (χ3v) is 4.32. The average Bonchev–Trinajstić information content (AvgIpc) is 2.70. The summed E-state index contributed by atoms with van der Waals surface area (Å²) in [6.45, 7) is 6.53. The van der Waals surface area contributed by atoms with Gasteiger partial charge in [-0.3, -0.25) is 14.4 Å². The third-order valence-electron chi connectivity index (χ3n) is 4.32. The highest BCUT2D eigenvalue weighted by Gasteiger charge is 2.27. The van der Waals surface area contributed by atoms with Crippen molar-refractivity contribution >= 4 is 34.4 Å². The fraction of sp³-hybridized carbons (Fsp3) is 0.333. The molecule has 1 atom stereocenters. The van der Waals surface area contributed by atoms with Crippen LogP contribution in [-0.2, 0) is 23.9 Å². The van der Waals surface area contributed by atoms with Crippen LogP contribution in [0.3, 0.4) is 0 Å². The second kappa shape index (κ2) is 10.0. The van der Waals surface area contributed by atoms with Crippen LogP contribution in [0.1, 0.15) is 44.5 Å². The highest BCUT2D eigenvalue weighted by molar-refractivity contribution is 6.06. The predicted molar refractivity (Wildman–Crippen MR) is 116 cm³/mol. The van der Waals surface area contributed by atoms with Crippen LogP contribution in [0.25, 0.3) is 10.8 Å². The lowest BCUT2D eigenvalue weighted by atomic mass is 10.0. The fourth-order valence-electron chi connectivity index (χ4n) is 2.88. The Balaban J connectivity index is 2.27. The minimum atomic E-state index is -1.20. The van der Waals surface area contributed by atoms with Crippen LogP contribution in [0.2, 0.25) is 0 Å². The largest absolute Gasteiger partial charge is 0.466 e. The summed E-state index contributed by atoms with van der Waals surface area (Å²) in [7, 11) is 1.20. The summed E-state index contributed by atoms with van der Waals surface area (Å²) in [5.41, 5.74) is -0.346. The van der Waals surface area contributed by atoms with Crippen molar-refractivity contribution in [3.05, 3.63) is 59.7 Å². The molecule has 1 N–H and O–H groups in total. The number of ketones is 1. The summed E-state index contributed by atoms with van der Waals surface area (Å²) in [5, 5.41) is 4.43. The molecule has 0 radical (unpaired) electrons. The summed E-state index contributed by atoms with van der Waals surface area (Å²) >= 11 is 0. The molecule has 2 aromatic rings. The Bertz CT molecular complexity index is 1030. The lowest BCUT2D eigenvalue weighted by Gasteiger charge is -2.22. The van der Waals surface area contributed by atoms with Crippen LogP contribution < -0.4 is 5.32 Å². The quantitative estimate of drug-likeness (QED) is 0.540. The van der Waals surface area contributed by atoms with Crippen molar-refractivity contribution in [1.82, 2.24) is 5.32 Å². The Kier molecular flexibility index (Phi) is 7.69. The van der Waals surface area contributed by atoms with Crippen molar-refractivity contribution in [2.75, 3.05) is 7.11 Å². The number of methoxy groups -OCH3 is 1. The predicted octanol–water partition coefficient (Wildman–Crippen LogP) is 3.36. The highest BCUT2D eigenvalue weighted by Crippen LogP contribution is 2.16. The number of benzene rings is 2. The molecule has 2 rings (SSSR count). The maximum Gasteiger partial charge on any atom is 0.333 e. The van der Waals surface area contributed by atoms with Crippen LogP contribution in [0.15, 0.2) is 54.1 Å². The van der Waals surface area contributed by atoms with Crippen molar-refractivity contribution in [1.29, 1.82) is 0 Å². The van der Waals surface area contributed by atoms with Gasteiger partial charge in [0, 0.05) is 11.1 Å². The summed E-state index contributed by atoms with van der Waals surface area (Å²) < 4.78 is 9.87. The molecule has 0 saturated carbocycles. The number of fused-ring (bicyclic) bond motifs is 1. The van der Waals surface area contributed by atoms with Gasteiger partial charge in [0.25, 0.3) is 5.91 Å². The SMILES string of the molecule is COC(=O)C(C)=CC(=O)C(CC(=O)OC(C)(C)C)NC(=O)c1ccc2ccccc2c1. The van der Waals surface area contributed by atoms with Crippen molar-refractivity contribution in [2.24, 2.45) is 0 Å². The van der Waals surface area contributed by atoms with Crippen molar-refractivity contribution < 1.29 is 28.7 Å². The molecule has 0 saturated heterocycles. The Morgan fingerprint density at radius 1 is 1.03 bits per heavy atom. The van der Waals surface area contributed by atoms with Crippen LogP contribution >= 0.6 is 0 Å². The molecular formula is C24H27NO6. The van der Waals surface area contributed by atoms with Crippen molar-refractivity contribution in [3.8, 4) is 0 Å². The molecule has 7 heteroatoms. The molecule has 0 aliphatic heterocycles. The van der Waals surface area contributed by atoms with E-state index in [0.717, 1.165) is 16.8 Å². The van der Waals surface area contributed by atoms with E-state index in [1.807, 2.05) is 24.3 Å². The van der Waals surface area contributed by atoms with E-state index in [9.17, 15) is 19.2 Å². The van der Waals surface area contributed by atoms with Crippen LogP contribution in [-0.4, -0.2) is 42.4 Å². The van der Waals surface area contributed by atoms with E-state index < -0.39 is 35.3 Å². The monoisotopic (exact) mass is 425 g/mol. The number of nitrogens with one attached hydrogen (secondary N) is 1. The van der Waals surface area contributed by atoms with E-state index in [4.69, 9.17) is 4.74 Å². The standard InChI is InChI=1S/C24H27NO6/c1-15(23(29)30-5)12-20(26)19(14-21(27)31-24(2,3)4)25-22(28)18-11-10-16-8-6-7-9-17(16)13-18/h6-13,19H,14H2,1-5H3,(H,25,28). The Morgan fingerprint density at radius 2 is 1.68 bits per heavy atom. The summed E-state index contributed by atoms with van der Waals surface area (Å²) in [5.74, 6) is -2.45. The normalized spacial score (nSPS) is 12.7. The van der Waals surface area contributed by atoms with Gasteiger partial charge >= 0.3 is 11.9 Å². The summed E-state index contributed by atoms with van der Waals surface area (Å²) in [6.07, 6.45) is 0.682. The molecule has 1 amide bonds. The second-order valence-corrected chi connectivity index (χ2v) is 8.10. The number of carbonyl (C=O) groups is 4. The van der Waals surface area contributed by atoms with Gasteiger partial charge in [0.2, 0.25) is 0 Å². The maximum absolute atomic E-state index is 12.8. The third kappa shape index (κ3) is 7.06. The molecule has 0 bridgehead atoms. The van der Waals surface area contributed by atoms with Gasteiger partial charge < -0.3 is 14.8 Å². The minimum absolute atomic E-state index is 0.0571. The van der Waals surface area contributed by atoms with E-state index in [0.29, 0.717) is 5.56 Å². The molecule has 0 aromatic heterocycles. The molecule has 7 nitrogen and oxygen atoms in total. The molecule has 0 aliphatic carbocycles. The molecule has 2 aromatic carbocycles. The first kappa shape index (κ1) is 23.8. The van der Waals surface area contributed by atoms with Gasteiger partial charge in [-0.15, -0.1) is 0 Å². The lowest BCUT2D eigenvalue weighted by molar-refractivity contribution is -0.156. The first-order chi connectivity index (χ1) is 14.5. The van der Waals surface area contributed by atoms with E-state index in [1.54, 1.807) is 39.0 Å². The molecule has 0 fully saturated rings. The zero-order valence-electron chi connectivity index (χ0n) is 18.4. The smallest absolute Gasteiger partial charge is 0.333 e. The van der Waals surface area contributed by atoms with Gasteiger partial charge in [0.05, 0.1) is 13.5 Å². The van der Waals surface area contributed by atoms with E-state index in [2.05, 4.69) is 10.1 Å². The van der Waals surface area contributed by atoms with E-state index in [1.165, 1.54) is 14.0 Å². The topological polar surface area (TPSA) is 98.8 Å². The molecule has 0 aliphatic rings. The van der Waals surface area contributed by atoms with Crippen molar-refractivity contribution in [2.45, 2.75) is 45.8 Å². The highest BCUT2D eigenvalue weighted by atomic mass is 16.6.